The average molecular weight is 297 g/mol. The van der Waals surface area contributed by atoms with Crippen LogP contribution in [-0.2, 0) is 9.84 Å². The Hall–Kier alpha value is -1.07. The van der Waals surface area contributed by atoms with Crippen molar-refractivity contribution >= 4 is 9.84 Å². The zero-order valence-electron chi connectivity index (χ0n) is 12.4. The van der Waals surface area contributed by atoms with Crippen molar-refractivity contribution < 1.29 is 13.2 Å². The quantitative estimate of drug-likeness (QED) is 0.856. The first-order valence-corrected chi connectivity index (χ1v) is 8.62. The summed E-state index contributed by atoms with van der Waals surface area (Å²) in [4.78, 5) is 2.74. The molecule has 1 aliphatic rings. The van der Waals surface area contributed by atoms with E-state index in [-0.39, 0.29) is 5.25 Å². The van der Waals surface area contributed by atoms with Crippen molar-refractivity contribution in [1.29, 1.82) is 0 Å². The number of sulfone groups is 1. The minimum Gasteiger partial charge on any atom is -0.497 e. The molecule has 0 spiro atoms. The van der Waals surface area contributed by atoms with E-state index < -0.39 is 9.84 Å². The second-order valence-corrected chi connectivity index (χ2v) is 7.78. The van der Waals surface area contributed by atoms with E-state index >= 15 is 0 Å². The topological polar surface area (TPSA) is 46.6 Å². The molecule has 1 aromatic carbocycles. The minimum absolute atomic E-state index is 0.258. The van der Waals surface area contributed by atoms with Crippen LogP contribution in [0.3, 0.4) is 0 Å². The summed E-state index contributed by atoms with van der Waals surface area (Å²) in [5.74, 6) is 0.679. The number of hydrogen-bond donors (Lipinski definition) is 0. The van der Waals surface area contributed by atoms with Gasteiger partial charge < -0.3 is 9.64 Å². The van der Waals surface area contributed by atoms with Gasteiger partial charge in [-0.2, -0.15) is 0 Å². The molecule has 0 radical (unpaired) electrons. The molecule has 1 aromatic rings. The van der Waals surface area contributed by atoms with Gasteiger partial charge in [-0.05, 0) is 64.0 Å². The average Bonchev–Trinajstić information content (AvgIpc) is 2.47. The van der Waals surface area contributed by atoms with Gasteiger partial charge in [0.2, 0.25) is 0 Å². The molecule has 4 nitrogen and oxygen atoms in total. The highest BCUT2D eigenvalue weighted by Gasteiger charge is 2.31. The number of benzene rings is 1. The van der Waals surface area contributed by atoms with Gasteiger partial charge in [-0.3, -0.25) is 0 Å². The van der Waals surface area contributed by atoms with Crippen LogP contribution in [0.4, 0.5) is 0 Å². The molecule has 1 heterocycles. The molecule has 112 valence electrons. The van der Waals surface area contributed by atoms with Gasteiger partial charge >= 0.3 is 0 Å². The molecule has 0 aliphatic carbocycles. The fourth-order valence-corrected chi connectivity index (χ4v) is 4.39. The lowest BCUT2D eigenvalue weighted by Crippen LogP contribution is -2.42. The van der Waals surface area contributed by atoms with Gasteiger partial charge in [-0.1, -0.05) is 0 Å². The van der Waals surface area contributed by atoms with Gasteiger partial charge in [0, 0.05) is 6.04 Å². The van der Waals surface area contributed by atoms with Crippen molar-refractivity contribution in [3.8, 4) is 5.75 Å². The van der Waals surface area contributed by atoms with Crippen LogP contribution in [-0.4, -0.2) is 44.8 Å². The van der Waals surface area contributed by atoms with Crippen LogP contribution in [0.2, 0.25) is 0 Å². The summed E-state index contributed by atoms with van der Waals surface area (Å²) in [5, 5.41) is -0.258. The number of ether oxygens (including phenoxy) is 1. The van der Waals surface area contributed by atoms with E-state index in [1.807, 2.05) is 0 Å². The fourth-order valence-electron chi connectivity index (χ4n) is 2.66. The largest absolute Gasteiger partial charge is 0.497 e. The summed E-state index contributed by atoms with van der Waals surface area (Å²) >= 11 is 0. The lowest BCUT2D eigenvalue weighted by molar-refractivity contribution is 0.186. The summed E-state index contributed by atoms with van der Waals surface area (Å²) in [6.45, 7) is 6.02. The van der Waals surface area contributed by atoms with E-state index in [2.05, 4.69) is 18.7 Å². The number of hydrogen-bond acceptors (Lipinski definition) is 4. The SMILES string of the molecule is COc1ccc(S(=O)(=O)C2CCN(C(C)C)CC2)cc1. The highest BCUT2D eigenvalue weighted by atomic mass is 32.2. The molecule has 0 saturated carbocycles. The lowest BCUT2D eigenvalue weighted by Gasteiger charge is -2.34. The van der Waals surface area contributed by atoms with E-state index in [0.29, 0.717) is 29.5 Å². The predicted molar refractivity (Wildman–Crippen MR) is 79.9 cm³/mol. The Bertz CT molecular complexity index is 529. The molecule has 1 aliphatic heterocycles. The molecule has 2 rings (SSSR count). The van der Waals surface area contributed by atoms with Crippen molar-refractivity contribution in [1.82, 2.24) is 4.90 Å². The second-order valence-electron chi connectivity index (χ2n) is 5.55. The molecule has 5 heteroatoms. The van der Waals surface area contributed by atoms with Crippen molar-refractivity contribution in [2.24, 2.45) is 0 Å². The number of methoxy groups -OCH3 is 1. The van der Waals surface area contributed by atoms with E-state index in [4.69, 9.17) is 4.74 Å². The zero-order chi connectivity index (χ0) is 14.8. The van der Waals surface area contributed by atoms with Gasteiger partial charge in [-0.25, -0.2) is 8.42 Å². The summed E-state index contributed by atoms with van der Waals surface area (Å²) < 4.78 is 30.3. The molecule has 20 heavy (non-hydrogen) atoms. The normalized spacial score (nSPS) is 18.4. The van der Waals surface area contributed by atoms with Gasteiger partial charge in [0.1, 0.15) is 5.75 Å². The summed E-state index contributed by atoms with van der Waals surface area (Å²) in [6, 6.07) is 7.18. The van der Waals surface area contributed by atoms with Crippen LogP contribution in [0.15, 0.2) is 29.2 Å². The van der Waals surface area contributed by atoms with Crippen LogP contribution in [0, 0.1) is 0 Å². The first kappa shape index (κ1) is 15.3. The number of piperidine rings is 1. The summed E-state index contributed by atoms with van der Waals surface area (Å²) in [7, 11) is -1.64. The smallest absolute Gasteiger partial charge is 0.181 e. The molecule has 0 amide bonds. The number of likely N-dealkylation sites (tertiary alicyclic amines) is 1. The minimum atomic E-state index is -3.22. The highest BCUT2D eigenvalue weighted by Crippen LogP contribution is 2.26. The van der Waals surface area contributed by atoms with E-state index in [1.54, 1.807) is 31.4 Å². The first-order chi connectivity index (χ1) is 9.45. The van der Waals surface area contributed by atoms with Crippen LogP contribution in [0.5, 0.6) is 5.75 Å². The van der Waals surface area contributed by atoms with Crippen LogP contribution in [0.25, 0.3) is 0 Å². The van der Waals surface area contributed by atoms with E-state index in [1.165, 1.54) is 0 Å². The van der Waals surface area contributed by atoms with Gasteiger partial charge in [-0.15, -0.1) is 0 Å². The summed E-state index contributed by atoms with van der Waals surface area (Å²) in [5.41, 5.74) is 0. The van der Waals surface area contributed by atoms with Crippen molar-refractivity contribution in [3.05, 3.63) is 24.3 Å². The number of rotatable bonds is 4. The maximum atomic E-state index is 12.6. The van der Waals surface area contributed by atoms with E-state index in [9.17, 15) is 8.42 Å². The molecular weight excluding hydrogens is 274 g/mol. The first-order valence-electron chi connectivity index (χ1n) is 7.07. The Morgan fingerprint density at radius 1 is 1.15 bits per heavy atom. The third-order valence-electron chi connectivity index (χ3n) is 4.03. The Morgan fingerprint density at radius 3 is 2.15 bits per heavy atom. The Balaban J connectivity index is 2.11. The third-order valence-corrected chi connectivity index (χ3v) is 6.31. The molecule has 1 saturated heterocycles. The molecule has 0 bridgehead atoms. The maximum Gasteiger partial charge on any atom is 0.181 e. The molecule has 0 atom stereocenters. The van der Waals surface area contributed by atoms with Crippen molar-refractivity contribution in [3.63, 3.8) is 0 Å². The Labute approximate surface area is 121 Å². The third kappa shape index (κ3) is 3.15. The van der Waals surface area contributed by atoms with Crippen LogP contribution >= 0.6 is 0 Å². The van der Waals surface area contributed by atoms with Crippen LogP contribution < -0.4 is 4.74 Å². The fraction of sp³-hybridized carbons (Fsp3) is 0.600. The zero-order valence-corrected chi connectivity index (χ0v) is 13.2. The van der Waals surface area contributed by atoms with Gasteiger partial charge in [0.05, 0.1) is 17.3 Å². The second kappa shape index (κ2) is 6.14. The number of nitrogens with zero attached hydrogens (tertiary/aromatic N) is 1. The highest BCUT2D eigenvalue weighted by molar-refractivity contribution is 7.92. The molecule has 1 fully saturated rings. The van der Waals surface area contributed by atoms with E-state index in [0.717, 1.165) is 13.1 Å². The molecule has 0 aromatic heterocycles. The molecular formula is C15H23NO3S. The molecule has 0 N–H and O–H groups in total. The standard InChI is InChI=1S/C15H23NO3S/c1-12(2)16-10-8-15(9-11-16)20(17,18)14-6-4-13(19-3)5-7-14/h4-7,12,15H,8-11H2,1-3H3. The van der Waals surface area contributed by atoms with Gasteiger partial charge in [0.25, 0.3) is 0 Å². The van der Waals surface area contributed by atoms with Crippen molar-refractivity contribution in [2.75, 3.05) is 20.2 Å². The Kier molecular flexibility index (Phi) is 4.70. The summed E-state index contributed by atoms with van der Waals surface area (Å²) in [6.07, 6.45) is 1.43. The molecule has 0 unspecified atom stereocenters. The Morgan fingerprint density at radius 2 is 1.70 bits per heavy atom. The monoisotopic (exact) mass is 297 g/mol. The van der Waals surface area contributed by atoms with Crippen LogP contribution in [0.1, 0.15) is 26.7 Å². The predicted octanol–water partition coefficient (Wildman–Crippen LogP) is 2.34. The van der Waals surface area contributed by atoms with Crippen molar-refractivity contribution in [2.45, 2.75) is 42.9 Å². The lowest BCUT2D eigenvalue weighted by atomic mass is 10.1. The maximum absolute atomic E-state index is 12.6. The van der Waals surface area contributed by atoms with Gasteiger partial charge in [0.15, 0.2) is 9.84 Å².